The molecule has 0 saturated heterocycles. The van der Waals surface area contributed by atoms with Crippen LogP contribution in [0.25, 0.3) is 11.0 Å². The van der Waals surface area contributed by atoms with Gasteiger partial charge in [-0.1, -0.05) is 32.0 Å². The molecule has 2 aromatic carbocycles. The van der Waals surface area contributed by atoms with Crippen molar-refractivity contribution in [3.8, 4) is 0 Å². The predicted molar refractivity (Wildman–Crippen MR) is 154 cm³/mol. The molecule has 0 bridgehead atoms. The Labute approximate surface area is 237 Å². The monoisotopic (exact) mass is 567 g/mol. The van der Waals surface area contributed by atoms with Crippen LogP contribution in [-0.4, -0.2) is 60.8 Å². The van der Waals surface area contributed by atoms with Crippen molar-refractivity contribution >= 4 is 41.8 Å². The summed E-state index contributed by atoms with van der Waals surface area (Å²) in [6.45, 7) is 6.78. The molecule has 210 valence electrons. The van der Waals surface area contributed by atoms with Crippen molar-refractivity contribution in [3.05, 3.63) is 65.2 Å². The van der Waals surface area contributed by atoms with Gasteiger partial charge in [0.05, 0.1) is 17.6 Å². The summed E-state index contributed by atoms with van der Waals surface area (Å²) in [6.07, 6.45) is 3.64. The molecule has 1 heterocycles. The predicted octanol–water partition coefficient (Wildman–Crippen LogP) is 5.97. The highest BCUT2D eigenvalue weighted by molar-refractivity contribution is 5.85. The van der Waals surface area contributed by atoms with E-state index in [1.807, 2.05) is 37.4 Å². The molecule has 9 heteroatoms. The summed E-state index contributed by atoms with van der Waals surface area (Å²) >= 11 is 0. The minimum absolute atomic E-state index is 0. The SMILES string of the molecule is CC(C)[C@@H]1c2ccc(F)cc2CC[C@@H]1COCC(=O)OCCN(C)CCCc1nc2ccccc2[nH]1.Cl.Cl. The van der Waals surface area contributed by atoms with Gasteiger partial charge < -0.3 is 19.4 Å². The minimum atomic E-state index is -0.329. The van der Waals surface area contributed by atoms with Gasteiger partial charge in [-0.3, -0.25) is 0 Å². The fourth-order valence-electron chi connectivity index (χ4n) is 5.38. The summed E-state index contributed by atoms with van der Waals surface area (Å²) < 4.78 is 24.8. The number of carbonyl (C=O) groups is 1. The van der Waals surface area contributed by atoms with E-state index in [-0.39, 0.29) is 43.2 Å². The Morgan fingerprint density at radius 3 is 2.74 bits per heavy atom. The Bertz CT molecular complexity index is 1120. The summed E-state index contributed by atoms with van der Waals surface area (Å²) in [7, 11) is 2.03. The summed E-state index contributed by atoms with van der Waals surface area (Å²) in [5, 5.41) is 0. The first kappa shape index (κ1) is 32.0. The normalized spacial score (nSPS) is 16.7. The van der Waals surface area contributed by atoms with Crippen LogP contribution in [0, 0.1) is 17.7 Å². The topological polar surface area (TPSA) is 67.5 Å². The smallest absolute Gasteiger partial charge is 0.332 e. The van der Waals surface area contributed by atoms with Crippen molar-refractivity contribution in [2.75, 3.05) is 40.0 Å². The number of nitrogens with one attached hydrogen (secondary N) is 1. The van der Waals surface area contributed by atoms with Crippen molar-refractivity contribution in [2.45, 2.75) is 45.4 Å². The molecule has 6 nitrogen and oxygen atoms in total. The molecule has 2 atom stereocenters. The molecule has 0 amide bonds. The molecule has 0 aliphatic heterocycles. The second kappa shape index (κ2) is 15.4. The number of aromatic amines is 1. The quantitative estimate of drug-likeness (QED) is 0.273. The number of carbonyl (C=O) groups excluding carboxylic acids is 1. The molecule has 0 radical (unpaired) electrons. The summed E-state index contributed by atoms with van der Waals surface area (Å²) in [5.74, 6) is 1.53. The Balaban J connectivity index is 0.00000253. The minimum Gasteiger partial charge on any atom is -0.463 e. The molecule has 1 aliphatic rings. The van der Waals surface area contributed by atoms with Gasteiger partial charge in [0.25, 0.3) is 0 Å². The molecular formula is C29H40Cl2FN3O3. The number of imidazole rings is 1. The van der Waals surface area contributed by atoms with Crippen LogP contribution in [0.1, 0.15) is 49.6 Å². The molecule has 38 heavy (non-hydrogen) atoms. The van der Waals surface area contributed by atoms with Gasteiger partial charge >= 0.3 is 5.97 Å². The van der Waals surface area contributed by atoms with E-state index in [1.165, 1.54) is 5.56 Å². The number of halogens is 3. The summed E-state index contributed by atoms with van der Waals surface area (Å²) in [6, 6.07) is 13.2. The first-order chi connectivity index (χ1) is 17.4. The van der Waals surface area contributed by atoms with E-state index in [0.717, 1.165) is 54.6 Å². The number of hydrogen-bond acceptors (Lipinski definition) is 5. The van der Waals surface area contributed by atoms with Crippen LogP contribution in [0.3, 0.4) is 0 Å². The van der Waals surface area contributed by atoms with Crippen LogP contribution in [0.4, 0.5) is 4.39 Å². The number of nitrogens with zero attached hydrogens (tertiary/aromatic N) is 2. The van der Waals surface area contributed by atoms with Crippen molar-refractivity contribution in [2.24, 2.45) is 11.8 Å². The van der Waals surface area contributed by atoms with Crippen molar-refractivity contribution in [1.29, 1.82) is 0 Å². The Morgan fingerprint density at radius 1 is 1.18 bits per heavy atom. The molecular weight excluding hydrogens is 528 g/mol. The third-order valence-corrected chi connectivity index (χ3v) is 7.15. The Morgan fingerprint density at radius 2 is 1.97 bits per heavy atom. The Kier molecular flexibility index (Phi) is 13.0. The van der Waals surface area contributed by atoms with Crippen LogP contribution < -0.4 is 0 Å². The molecule has 0 saturated carbocycles. The van der Waals surface area contributed by atoms with Crippen molar-refractivity contribution in [1.82, 2.24) is 14.9 Å². The van der Waals surface area contributed by atoms with E-state index in [9.17, 15) is 9.18 Å². The average Bonchev–Trinajstić information content (AvgIpc) is 3.26. The van der Waals surface area contributed by atoms with E-state index in [2.05, 4.69) is 28.7 Å². The van der Waals surface area contributed by atoms with E-state index in [0.29, 0.717) is 37.5 Å². The highest BCUT2D eigenvalue weighted by atomic mass is 35.5. The zero-order valence-corrected chi connectivity index (χ0v) is 24.1. The van der Waals surface area contributed by atoms with Gasteiger partial charge in [0.1, 0.15) is 24.9 Å². The number of likely N-dealkylation sites (N-methyl/N-ethyl adjacent to an activating group) is 1. The number of hydrogen-bond donors (Lipinski definition) is 1. The zero-order valence-electron chi connectivity index (χ0n) is 22.5. The third kappa shape index (κ3) is 8.67. The van der Waals surface area contributed by atoms with Crippen LogP contribution in [0.2, 0.25) is 0 Å². The van der Waals surface area contributed by atoms with Crippen molar-refractivity contribution < 1.29 is 18.7 Å². The van der Waals surface area contributed by atoms with E-state index in [1.54, 1.807) is 12.1 Å². The van der Waals surface area contributed by atoms with E-state index in [4.69, 9.17) is 9.47 Å². The molecule has 4 rings (SSSR count). The number of ether oxygens (including phenoxy) is 2. The van der Waals surface area contributed by atoms with E-state index >= 15 is 0 Å². The number of H-pyrrole nitrogens is 1. The number of benzene rings is 2. The average molecular weight is 569 g/mol. The van der Waals surface area contributed by atoms with Crippen LogP contribution in [0.15, 0.2) is 42.5 Å². The second-order valence-electron chi connectivity index (χ2n) is 10.3. The summed E-state index contributed by atoms with van der Waals surface area (Å²) in [4.78, 5) is 22.3. The van der Waals surface area contributed by atoms with Crippen LogP contribution in [0.5, 0.6) is 0 Å². The lowest BCUT2D eigenvalue weighted by atomic mass is 9.70. The maximum atomic E-state index is 13.6. The van der Waals surface area contributed by atoms with Gasteiger partial charge in [0.2, 0.25) is 0 Å². The maximum Gasteiger partial charge on any atom is 0.332 e. The second-order valence-corrected chi connectivity index (χ2v) is 10.3. The third-order valence-electron chi connectivity index (χ3n) is 7.15. The zero-order chi connectivity index (χ0) is 25.5. The molecule has 0 fully saturated rings. The van der Waals surface area contributed by atoms with Crippen LogP contribution in [-0.2, 0) is 27.1 Å². The highest BCUT2D eigenvalue weighted by Crippen LogP contribution is 2.41. The van der Waals surface area contributed by atoms with Gasteiger partial charge in [-0.25, -0.2) is 14.2 Å². The Hall–Kier alpha value is -2.19. The van der Waals surface area contributed by atoms with E-state index < -0.39 is 0 Å². The number of rotatable bonds is 12. The lowest BCUT2D eigenvalue weighted by Gasteiger charge is -2.36. The lowest BCUT2D eigenvalue weighted by Crippen LogP contribution is -2.30. The first-order valence-corrected chi connectivity index (χ1v) is 13.0. The summed E-state index contributed by atoms with van der Waals surface area (Å²) in [5.41, 5.74) is 4.39. The fraction of sp³-hybridized carbons (Fsp3) is 0.517. The molecule has 3 aromatic rings. The fourth-order valence-corrected chi connectivity index (χ4v) is 5.38. The van der Waals surface area contributed by atoms with Gasteiger partial charge in [0.15, 0.2) is 0 Å². The van der Waals surface area contributed by atoms with Gasteiger partial charge in [-0.15, -0.1) is 24.8 Å². The molecule has 0 spiro atoms. The van der Waals surface area contributed by atoms with Gasteiger partial charge in [0, 0.05) is 13.0 Å². The largest absolute Gasteiger partial charge is 0.463 e. The van der Waals surface area contributed by atoms with Crippen molar-refractivity contribution in [3.63, 3.8) is 0 Å². The van der Waals surface area contributed by atoms with Gasteiger partial charge in [-0.2, -0.15) is 0 Å². The number of aromatic nitrogens is 2. The lowest BCUT2D eigenvalue weighted by molar-refractivity contribution is -0.150. The number of esters is 1. The molecule has 1 aromatic heterocycles. The van der Waals surface area contributed by atoms with Crippen LogP contribution >= 0.6 is 24.8 Å². The maximum absolute atomic E-state index is 13.6. The number of fused-ring (bicyclic) bond motifs is 2. The number of para-hydroxylation sites is 2. The molecule has 0 unspecified atom stereocenters. The first-order valence-electron chi connectivity index (χ1n) is 13.0. The standard InChI is InChI=1S/C29H38FN3O3.2ClH/c1-20(2)29-22(11-10-21-17-23(30)12-13-24(21)29)18-35-19-28(34)36-16-15-33(3)14-6-9-27-31-25-7-4-5-8-26(25)32-27;;/h4-5,7-8,12-13,17,20,22,29H,6,9-11,14-16,18-19H2,1-3H3,(H,31,32);2*1H/t22-,29+;;/m1../s1. The molecule has 1 N–H and O–H groups in total. The van der Waals surface area contributed by atoms with Gasteiger partial charge in [-0.05, 0) is 86.0 Å². The molecule has 1 aliphatic carbocycles. The number of aryl methyl sites for hydroxylation is 2. The highest BCUT2D eigenvalue weighted by Gasteiger charge is 2.32.